The Labute approximate surface area is 89.9 Å². The van der Waals surface area contributed by atoms with E-state index in [1.54, 1.807) is 0 Å². The molecule has 0 unspecified atom stereocenters. The van der Waals surface area contributed by atoms with Gasteiger partial charge in [0.05, 0.1) is 0 Å². The van der Waals surface area contributed by atoms with Gasteiger partial charge in [-0.2, -0.15) is 0 Å². The van der Waals surface area contributed by atoms with Gasteiger partial charge in [-0.3, -0.25) is 4.79 Å². The van der Waals surface area contributed by atoms with Crippen molar-refractivity contribution in [1.29, 1.82) is 0 Å². The highest BCUT2D eigenvalue weighted by molar-refractivity contribution is 5.85. The van der Waals surface area contributed by atoms with Gasteiger partial charge in [-0.1, -0.05) is 18.2 Å². The lowest BCUT2D eigenvalue weighted by Gasteiger charge is -2.03. The van der Waals surface area contributed by atoms with Crippen molar-refractivity contribution in [3.8, 4) is 0 Å². The highest BCUT2D eigenvalue weighted by Gasteiger charge is 1.99. The number of rotatable bonds is 4. The summed E-state index contributed by atoms with van der Waals surface area (Å²) < 4.78 is 0. The first-order valence-electron chi connectivity index (χ1n) is 4.32. The molecule has 0 heterocycles. The minimum atomic E-state index is -0.255. The zero-order valence-corrected chi connectivity index (χ0v) is 8.72. The summed E-state index contributed by atoms with van der Waals surface area (Å²) in [6.07, 6.45) is 2.01. The summed E-state index contributed by atoms with van der Waals surface area (Å²) in [5.41, 5.74) is 12.6. The lowest BCUT2D eigenvalue weighted by molar-refractivity contribution is -0.118. The number of hydrogen-bond donors (Lipinski definition) is 2. The summed E-state index contributed by atoms with van der Waals surface area (Å²) in [5.74, 6) is -0.255. The van der Waals surface area contributed by atoms with Gasteiger partial charge >= 0.3 is 0 Å². The van der Waals surface area contributed by atoms with E-state index < -0.39 is 0 Å². The Kier molecular flexibility index (Phi) is 5.72. The van der Waals surface area contributed by atoms with Crippen LogP contribution in [0.1, 0.15) is 18.4 Å². The van der Waals surface area contributed by atoms with Gasteiger partial charge in [-0.25, -0.2) is 0 Å². The van der Waals surface area contributed by atoms with Crippen LogP contribution in [0.5, 0.6) is 0 Å². The van der Waals surface area contributed by atoms with E-state index in [-0.39, 0.29) is 18.3 Å². The molecule has 1 aromatic carbocycles. The second-order valence-electron chi connectivity index (χ2n) is 3.02. The van der Waals surface area contributed by atoms with Gasteiger partial charge in [0.2, 0.25) is 5.91 Å². The molecule has 0 fully saturated rings. The number of nitrogen functional groups attached to an aromatic ring is 1. The normalized spacial score (nSPS) is 9.14. The maximum atomic E-state index is 10.5. The number of benzene rings is 1. The summed E-state index contributed by atoms with van der Waals surface area (Å²) in [6, 6.07) is 7.67. The lowest BCUT2D eigenvalue weighted by Crippen LogP contribution is -2.10. The standard InChI is InChI=1S/C10H14N2O.ClH/c11-9-6-2-1-4-8(9)5-3-7-10(12)13;/h1-2,4,6H,3,5,7,11H2,(H2,12,13);1H. The average molecular weight is 215 g/mol. The van der Waals surface area contributed by atoms with Gasteiger partial charge in [-0.15, -0.1) is 12.4 Å². The minimum absolute atomic E-state index is 0. The quantitative estimate of drug-likeness (QED) is 0.746. The molecule has 0 radical (unpaired) electrons. The molecule has 4 heteroatoms. The molecular formula is C10H15ClN2O. The molecule has 78 valence electrons. The van der Waals surface area contributed by atoms with Gasteiger partial charge in [0.1, 0.15) is 0 Å². The molecule has 0 saturated carbocycles. The predicted octanol–water partition coefficient (Wildman–Crippen LogP) is 1.50. The predicted molar refractivity (Wildman–Crippen MR) is 60.2 cm³/mol. The molecule has 3 nitrogen and oxygen atoms in total. The molecule has 0 aliphatic carbocycles. The number of amides is 1. The topological polar surface area (TPSA) is 69.1 Å². The van der Waals surface area contributed by atoms with Crippen molar-refractivity contribution in [1.82, 2.24) is 0 Å². The number of carbonyl (C=O) groups is 1. The van der Waals surface area contributed by atoms with E-state index in [2.05, 4.69) is 0 Å². The molecule has 0 spiro atoms. The molecular weight excluding hydrogens is 200 g/mol. The highest BCUT2D eigenvalue weighted by Crippen LogP contribution is 2.13. The molecule has 1 amide bonds. The Bertz CT molecular complexity index is 302. The third-order valence-electron chi connectivity index (χ3n) is 1.92. The van der Waals surface area contributed by atoms with Gasteiger partial charge in [0.25, 0.3) is 0 Å². The molecule has 0 aliphatic heterocycles. The van der Waals surface area contributed by atoms with Crippen molar-refractivity contribution in [2.45, 2.75) is 19.3 Å². The molecule has 0 bridgehead atoms. The number of primary amides is 1. The van der Waals surface area contributed by atoms with E-state index >= 15 is 0 Å². The second kappa shape index (κ2) is 6.27. The zero-order chi connectivity index (χ0) is 9.68. The van der Waals surface area contributed by atoms with Crippen molar-refractivity contribution in [2.75, 3.05) is 5.73 Å². The van der Waals surface area contributed by atoms with E-state index in [1.807, 2.05) is 24.3 Å². The van der Waals surface area contributed by atoms with Crippen LogP contribution in [0, 0.1) is 0 Å². The van der Waals surface area contributed by atoms with Crippen LogP contribution < -0.4 is 11.5 Å². The Morgan fingerprint density at radius 1 is 1.29 bits per heavy atom. The van der Waals surface area contributed by atoms with Crippen LogP contribution in [0.25, 0.3) is 0 Å². The fraction of sp³-hybridized carbons (Fsp3) is 0.300. The first-order chi connectivity index (χ1) is 6.20. The van der Waals surface area contributed by atoms with Crippen LogP contribution in [-0.4, -0.2) is 5.91 Å². The Hall–Kier alpha value is -1.22. The van der Waals surface area contributed by atoms with Crippen LogP contribution in [-0.2, 0) is 11.2 Å². The van der Waals surface area contributed by atoms with E-state index in [0.29, 0.717) is 6.42 Å². The van der Waals surface area contributed by atoms with E-state index in [1.165, 1.54) is 0 Å². The van der Waals surface area contributed by atoms with Crippen molar-refractivity contribution in [3.63, 3.8) is 0 Å². The average Bonchev–Trinajstić information content (AvgIpc) is 2.08. The first kappa shape index (κ1) is 12.8. The number of halogens is 1. The third-order valence-corrected chi connectivity index (χ3v) is 1.92. The van der Waals surface area contributed by atoms with Crippen LogP contribution in [0.2, 0.25) is 0 Å². The molecule has 1 aromatic rings. The molecule has 4 N–H and O–H groups in total. The van der Waals surface area contributed by atoms with Crippen molar-refractivity contribution >= 4 is 24.0 Å². The van der Waals surface area contributed by atoms with Crippen molar-refractivity contribution < 1.29 is 4.79 Å². The Morgan fingerprint density at radius 2 is 1.93 bits per heavy atom. The largest absolute Gasteiger partial charge is 0.399 e. The third kappa shape index (κ3) is 4.14. The minimum Gasteiger partial charge on any atom is -0.399 e. The van der Waals surface area contributed by atoms with Crippen LogP contribution in [0.3, 0.4) is 0 Å². The highest BCUT2D eigenvalue weighted by atomic mass is 35.5. The summed E-state index contributed by atoms with van der Waals surface area (Å²) >= 11 is 0. The molecule has 0 aromatic heterocycles. The number of anilines is 1. The van der Waals surface area contributed by atoms with Gasteiger partial charge in [0.15, 0.2) is 0 Å². The summed E-state index contributed by atoms with van der Waals surface area (Å²) in [7, 11) is 0. The first-order valence-corrected chi connectivity index (χ1v) is 4.32. The number of carbonyl (C=O) groups excluding carboxylic acids is 1. The smallest absolute Gasteiger partial charge is 0.217 e. The molecule has 0 saturated heterocycles. The van der Waals surface area contributed by atoms with Crippen molar-refractivity contribution in [2.24, 2.45) is 5.73 Å². The van der Waals surface area contributed by atoms with E-state index in [9.17, 15) is 4.79 Å². The maximum absolute atomic E-state index is 10.5. The van der Waals surface area contributed by atoms with E-state index in [4.69, 9.17) is 11.5 Å². The summed E-state index contributed by atoms with van der Waals surface area (Å²) in [5, 5.41) is 0. The lowest BCUT2D eigenvalue weighted by atomic mass is 10.1. The SMILES string of the molecule is Cl.NC(=O)CCCc1ccccc1N. The van der Waals surface area contributed by atoms with Crippen molar-refractivity contribution in [3.05, 3.63) is 29.8 Å². The fourth-order valence-corrected chi connectivity index (χ4v) is 1.21. The summed E-state index contributed by atoms with van der Waals surface area (Å²) in [4.78, 5) is 10.5. The van der Waals surface area contributed by atoms with Gasteiger partial charge in [-0.05, 0) is 24.5 Å². The second-order valence-corrected chi connectivity index (χ2v) is 3.02. The fourth-order valence-electron chi connectivity index (χ4n) is 1.21. The Morgan fingerprint density at radius 3 is 2.50 bits per heavy atom. The molecule has 1 rings (SSSR count). The number of hydrogen-bond acceptors (Lipinski definition) is 2. The van der Waals surface area contributed by atoms with E-state index in [0.717, 1.165) is 24.1 Å². The molecule has 0 aliphatic rings. The maximum Gasteiger partial charge on any atom is 0.217 e. The number of nitrogens with two attached hydrogens (primary N) is 2. The van der Waals surface area contributed by atoms with Crippen LogP contribution in [0.4, 0.5) is 5.69 Å². The number of para-hydroxylation sites is 1. The van der Waals surface area contributed by atoms with Gasteiger partial charge in [0, 0.05) is 12.1 Å². The Balaban J connectivity index is 0.00000169. The molecule has 14 heavy (non-hydrogen) atoms. The zero-order valence-electron chi connectivity index (χ0n) is 7.90. The summed E-state index contributed by atoms with van der Waals surface area (Å²) in [6.45, 7) is 0. The molecule has 0 atom stereocenters. The van der Waals surface area contributed by atoms with Gasteiger partial charge < -0.3 is 11.5 Å². The van der Waals surface area contributed by atoms with Crippen LogP contribution in [0.15, 0.2) is 24.3 Å². The monoisotopic (exact) mass is 214 g/mol. The van der Waals surface area contributed by atoms with Crippen LogP contribution >= 0.6 is 12.4 Å². The number of aryl methyl sites for hydroxylation is 1.